The second-order valence-electron chi connectivity index (χ2n) is 3.43. The molecule has 0 bridgehead atoms. The standard InChI is InChI=1S/C12H15NO.C2H6/c1-3-7-13-8-6-10-9-11(14-2)4-5-12(10)13;1-2/h4-6,8-9H,3,7H2,1-2H3;1-2H3. The van der Waals surface area contributed by atoms with Gasteiger partial charge in [0.25, 0.3) is 0 Å². The molecule has 1 aromatic carbocycles. The molecule has 0 amide bonds. The van der Waals surface area contributed by atoms with Crippen molar-refractivity contribution in [3.63, 3.8) is 0 Å². The number of rotatable bonds is 3. The fourth-order valence-electron chi connectivity index (χ4n) is 1.74. The Morgan fingerprint density at radius 3 is 2.56 bits per heavy atom. The summed E-state index contributed by atoms with van der Waals surface area (Å²) in [6.07, 6.45) is 3.30. The van der Waals surface area contributed by atoms with Crippen LogP contribution in [0.25, 0.3) is 10.9 Å². The van der Waals surface area contributed by atoms with Crippen LogP contribution in [0.3, 0.4) is 0 Å². The van der Waals surface area contributed by atoms with Crippen LogP contribution in [-0.2, 0) is 6.54 Å². The minimum Gasteiger partial charge on any atom is -0.497 e. The van der Waals surface area contributed by atoms with Crippen LogP contribution < -0.4 is 4.74 Å². The molecular formula is C14H21NO. The first-order valence-electron chi connectivity index (χ1n) is 5.98. The van der Waals surface area contributed by atoms with Crippen molar-refractivity contribution in [3.05, 3.63) is 30.5 Å². The number of methoxy groups -OCH3 is 1. The van der Waals surface area contributed by atoms with Gasteiger partial charge in [-0.3, -0.25) is 0 Å². The SMILES string of the molecule is CC.CCCn1ccc2cc(OC)ccc21. The van der Waals surface area contributed by atoms with Crippen LogP contribution >= 0.6 is 0 Å². The largest absolute Gasteiger partial charge is 0.497 e. The first kappa shape index (κ1) is 12.6. The van der Waals surface area contributed by atoms with Crippen molar-refractivity contribution in [1.29, 1.82) is 0 Å². The lowest BCUT2D eigenvalue weighted by atomic mass is 10.2. The molecular weight excluding hydrogens is 198 g/mol. The van der Waals surface area contributed by atoms with E-state index in [1.165, 1.54) is 10.9 Å². The Bertz CT molecular complexity index is 431. The molecule has 16 heavy (non-hydrogen) atoms. The van der Waals surface area contributed by atoms with E-state index in [0.29, 0.717) is 0 Å². The Morgan fingerprint density at radius 2 is 1.94 bits per heavy atom. The molecule has 0 aliphatic carbocycles. The number of hydrogen-bond acceptors (Lipinski definition) is 1. The van der Waals surface area contributed by atoms with Gasteiger partial charge in [-0.05, 0) is 30.7 Å². The quantitative estimate of drug-likeness (QED) is 0.758. The van der Waals surface area contributed by atoms with Crippen molar-refractivity contribution < 1.29 is 4.74 Å². The lowest BCUT2D eigenvalue weighted by Gasteiger charge is -2.03. The molecule has 0 N–H and O–H groups in total. The summed E-state index contributed by atoms with van der Waals surface area (Å²) in [5.74, 6) is 0.923. The number of nitrogens with zero attached hydrogens (tertiary/aromatic N) is 1. The van der Waals surface area contributed by atoms with Crippen molar-refractivity contribution in [1.82, 2.24) is 4.57 Å². The zero-order valence-corrected chi connectivity index (χ0v) is 10.7. The predicted octanol–water partition coefficient (Wildman–Crippen LogP) is 4.09. The third-order valence-corrected chi connectivity index (χ3v) is 2.44. The Kier molecular flexibility index (Phi) is 4.90. The molecule has 1 aromatic heterocycles. The summed E-state index contributed by atoms with van der Waals surface area (Å²) < 4.78 is 7.45. The van der Waals surface area contributed by atoms with Gasteiger partial charge < -0.3 is 9.30 Å². The van der Waals surface area contributed by atoms with Crippen molar-refractivity contribution in [2.75, 3.05) is 7.11 Å². The van der Waals surface area contributed by atoms with E-state index in [-0.39, 0.29) is 0 Å². The van der Waals surface area contributed by atoms with Crippen molar-refractivity contribution in [2.45, 2.75) is 33.7 Å². The van der Waals surface area contributed by atoms with Gasteiger partial charge in [-0.2, -0.15) is 0 Å². The number of aromatic nitrogens is 1. The number of fused-ring (bicyclic) bond motifs is 1. The zero-order chi connectivity index (χ0) is 12.0. The van der Waals surface area contributed by atoms with E-state index in [0.717, 1.165) is 18.7 Å². The van der Waals surface area contributed by atoms with Crippen LogP contribution in [0.1, 0.15) is 27.2 Å². The summed E-state index contributed by atoms with van der Waals surface area (Å²) in [6.45, 7) is 7.27. The lowest BCUT2D eigenvalue weighted by Crippen LogP contribution is -1.93. The lowest BCUT2D eigenvalue weighted by molar-refractivity contribution is 0.415. The van der Waals surface area contributed by atoms with Crippen LogP contribution in [0.15, 0.2) is 30.5 Å². The summed E-state index contributed by atoms with van der Waals surface area (Å²) in [6, 6.07) is 8.33. The molecule has 0 fully saturated rings. The molecule has 0 saturated carbocycles. The first-order valence-corrected chi connectivity index (χ1v) is 5.98. The molecule has 2 heteroatoms. The average molecular weight is 219 g/mol. The number of ether oxygens (including phenoxy) is 1. The molecule has 0 spiro atoms. The highest BCUT2D eigenvalue weighted by Crippen LogP contribution is 2.21. The number of aryl methyl sites for hydroxylation is 1. The van der Waals surface area contributed by atoms with Gasteiger partial charge in [0.2, 0.25) is 0 Å². The fourth-order valence-corrected chi connectivity index (χ4v) is 1.74. The summed E-state index contributed by atoms with van der Waals surface area (Å²) in [5, 5.41) is 1.25. The number of hydrogen-bond donors (Lipinski definition) is 0. The zero-order valence-electron chi connectivity index (χ0n) is 10.7. The van der Waals surface area contributed by atoms with Crippen LogP contribution in [0.4, 0.5) is 0 Å². The summed E-state index contributed by atoms with van der Waals surface area (Å²) in [5.41, 5.74) is 1.28. The fraction of sp³-hybridized carbons (Fsp3) is 0.429. The molecule has 2 rings (SSSR count). The third kappa shape index (κ3) is 2.57. The molecule has 88 valence electrons. The maximum atomic E-state index is 5.18. The maximum absolute atomic E-state index is 5.18. The Hall–Kier alpha value is -1.44. The van der Waals surface area contributed by atoms with E-state index < -0.39 is 0 Å². The van der Waals surface area contributed by atoms with Crippen molar-refractivity contribution in [3.8, 4) is 5.75 Å². The highest BCUT2D eigenvalue weighted by molar-refractivity contribution is 5.81. The molecule has 0 unspecified atom stereocenters. The minimum absolute atomic E-state index is 0.923. The molecule has 0 radical (unpaired) electrons. The molecule has 0 aliphatic heterocycles. The Balaban J connectivity index is 0.000000606. The average Bonchev–Trinajstić information content (AvgIpc) is 2.75. The second kappa shape index (κ2) is 6.21. The van der Waals surface area contributed by atoms with Gasteiger partial charge in [-0.15, -0.1) is 0 Å². The van der Waals surface area contributed by atoms with Crippen LogP contribution in [0.5, 0.6) is 5.75 Å². The third-order valence-electron chi connectivity index (χ3n) is 2.44. The second-order valence-corrected chi connectivity index (χ2v) is 3.43. The summed E-state index contributed by atoms with van der Waals surface area (Å²) >= 11 is 0. The molecule has 2 aromatic rings. The van der Waals surface area contributed by atoms with Gasteiger partial charge in [0.05, 0.1) is 7.11 Å². The molecule has 1 heterocycles. The molecule has 0 saturated heterocycles. The monoisotopic (exact) mass is 219 g/mol. The van der Waals surface area contributed by atoms with E-state index in [1.807, 2.05) is 19.9 Å². The highest BCUT2D eigenvalue weighted by Gasteiger charge is 2.00. The highest BCUT2D eigenvalue weighted by atomic mass is 16.5. The van der Waals surface area contributed by atoms with E-state index in [4.69, 9.17) is 4.74 Å². The molecule has 0 aliphatic rings. The van der Waals surface area contributed by atoms with Gasteiger partial charge >= 0.3 is 0 Å². The van der Waals surface area contributed by atoms with E-state index in [2.05, 4.69) is 35.9 Å². The normalized spacial score (nSPS) is 9.75. The minimum atomic E-state index is 0.923. The predicted molar refractivity (Wildman–Crippen MR) is 70.1 cm³/mol. The van der Waals surface area contributed by atoms with Crippen LogP contribution in [-0.4, -0.2) is 11.7 Å². The van der Waals surface area contributed by atoms with E-state index >= 15 is 0 Å². The van der Waals surface area contributed by atoms with E-state index in [9.17, 15) is 0 Å². The summed E-state index contributed by atoms with van der Waals surface area (Å²) in [7, 11) is 1.70. The number of benzene rings is 1. The van der Waals surface area contributed by atoms with Gasteiger partial charge in [-0.1, -0.05) is 20.8 Å². The van der Waals surface area contributed by atoms with Gasteiger partial charge in [0, 0.05) is 23.6 Å². The van der Waals surface area contributed by atoms with Crippen LogP contribution in [0, 0.1) is 0 Å². The van der Waals surface area contributed by atoms with Crippen molar-refractivity contribution >= 4 is 10.9 Å². The Labute approximate surface area is 97.8 Å². The van der Waals surface area contributed by atoms with Gasteiger partial charge in [0.15, 0.2) is 0 Å². The first-order chi connectivity index (χ1) is 7.85. The van der Waals surface area contributed by atoms with Gasteiger partial charge in [0.1, 0.15) is 5.75 Å². The summed E-state index contributed by atoms with van der Waals surface area (Å²) in [4.78, 5) is 0. The smallest absolute Gasteiger partial charge is 0.119 e. The van der Waals surface area contributed by atoms with Crippen molar-refractivity contribution in [2.24, 2.45) is 0 Å². The topological polar surface area (TPSA) is 14.2 Å². The molecule has 2 nitrogen and oxygen atoms in total. The maximum Gasteiger partial charge on any atom is 0.119 e. The van der Waals surface area contributed by atoms with Gasteiger partial charge in [-0.25, -0.2) is 0 Å². The van der Waals surface area contributed by atoms with E-state index in [1.54, 1.807) is 7.11 Å². The van der Waals surface area contributed by atoms with Crippen LogP contribution in [0.2, 0.25) is 0 Å². The Morgan fingerprint density at radius 1 is 1.19 bits per heavy atom. The molecule has 0 atom stereocenters.